The van der Waals surface area contributed by atoms with Crippen LogP contribution in [-0.2, 0) is 6.18 Å². The number of pyridine rings is 1. The van der Waals surface area contributed by atoms with Crippen LogP contribution in [0, 0.1) is 6.07 Å². The molecule has 0 saturated carbocycles. The minimum atomic E-state index is -4.46. The first kappa shape index (κ1) is 16.9. The molecule has 2 heterocycles. The van der Waals surface area contributed by atoms with Gasteiger partial charge in [-0.2, -0.15) is 13.2 Å². The van der Waals surface area contributed by atoms with E-state index in [4.69, 9.17) is 4.74 Å². The average Bonchev–Trinajstić information content (AvgIpc) is 3.00. The lowest BCUT2D eigenvalue weighted by Gasteiger charge is -2.14. The molecular weight excluding hydrogens is 333 g/mol. The number of anilines is 3. The zero-order valence-corrected chi connectivity index (χ0v) is 13.6. The van der Waals surface area contributed by atoms with Crippen molar-refractivity contribution in [2.75, 3.05) is 24.3 Å². The standard InChI is InChI=1S/C17H16F3N4O/c1-3-21-12-8-14(23-11-6-4-5-7-13(11)25-2)24-16-15(12)10(9-22-16)17(18,19)20/h4,6-9H,3H2,1-2H3,(H3,21,22,23,24). The number of benzene rings is 1. The summed E-state index contributed by atoms with van der Waals surface area (Å²) < 4.78 is 44.9. The van der Waals surface area contributed by atoms with Gasteiger partial charge in [0.1, 0.15) is 17.2 Å². The molecule has 8 heteroatoms. The molecule has 0 atom stereocenters. The number of hydrogen-bond donors (Lipinski definition) is 3. The topological polar surface area (TPSA) is 62.0 Å². The van der Waals surface area contributed by atoms with Gasteiger partial charge in [-0.1, -0.05) is 6.07 Å². The molecule has 0 amide bonds. The second kappa shape index (κ2) is 6.54. The van der Waals surface area contributed by atoms with E-state index >= 15 is 0 Å². The van der Waals surface area contributed by atoms with E-state index in [-0.39, 0.29) is 11.0 Å². The molecule has 0 aliphatic rings. The second-order valence-electron chi connectivity index (χ2n) is 5.26. The summed E-state index contributed by atoms with van der Waals surface area (Å²) in [5, 5.41) is 6.05. The summed E-state index contributed by atoms with van der Waals surface area (Å²) >= 11 is 0. The van der Waals surface area contributed by atoms with Gasteiger partial charge in [0, 0.05) is 24.5 Å². The number of halogens is 3. The lowest BCUT2D eigenvalue weighted by Crippen LogP contribution is -2.06. The fraction of sp³-hybridized carbons (Fsp3) is 0.235. The first-order valence-corrected chi connectivity index (χ1v) is 7.58. The van der Waals surface area contributed by atoms with E-state index < -0.39 is 11.7 Å². The van der Waals surface area contributed by atoms with Crippen molar-refractivity contribution in [1.82, 2.24) is 9.97 Å². The Bertz CT molecular complexity index is 889. The molecule has 0 unspecified atom stereocenters. The highest BCUT2D eigenvalue weighted by molar-refractivity contribution is 5.95. The van der Waals surface area contributed by atoms with E-state index in [9.17, 15) is 13.2 Å². The first-order valence-electron chi connectivity index (χ1n) is 7.58. The number of ether oxygens (including phenoxy) is 1. The van der Waals surface area contributed by atoms with Gasteiger partial charge < -0.3 is 20.4 Å². The lowest BCUT2D eigenvalue weighted by molar-refractivity contribution is -0.136. The molecule has 0 aliphatic carbocycles. The van der Waals surface area contributed by atoms with Crippen LogP contribution in [0.3, 0.4) is 0 Å². The van der Waals surface area contributed by atoms with Crippen LogP contribution >= 0.6 is 0 Å². The van der Waals surface area contributed by atoms with Crippen LogP contribution < -0.4 is 15.4 Å². The van der Waals surface area contributed by atoms with Gasteiger partial charge in [0.2, 0.25) is 0 Å². The number of rotatable bonds is 5. The Hall–Kier alpha value is -2.90. The predicted molar refractivity (Wildman–Crippen MR) is 90.4 cm³/mol. The monoisotopic (exact) mass is 349 g/mol. The number of hydrogen-bond acceptors (Lipinski definition) is 4. The summed E-state index contributed by atoms with van der Waals surface area (Å²) in [6.07, 6.45) is -3.53. The number of aromatic nitrogens is 2. The number of alkyl halides is 3. The Balaban J connectivity index is 2.09. The largest absolute Gasteiger partial charge is 0.495 e. The van der Waals surface area contributed by atoms with E-state index in [1.807, 2.05) is 6.92 Å². The maximum Gasteiger partial charge on any atom is 0.418 e. The van der Waals surface area contributed by atoms with Gasteiger partial charge in [0.25, 0.3) is 0 Å². The van der Waals surface area contributed by atoms with E-state index in [2.05, 4.69) is 26.7 Å². The third kappa shape index (κ3) is 3.33. The zero-order valence-electron chi connectivity index (χ0n) is 13.6. The van der Waals surface area contributed by atoms with Gasteiger partial charge in [0.05, 0.1) is 23.7 Å². The Labute approximate surface area is 142 Å². The van der Waals surface area contributed by atoms with E-state index in [0.29, 0.717) is 29.5 Å². The Morgan fingerprint density at radius 1 is 1.32 bits per heavy atom. The fourth-order valence-electron chi connectivity index (χ4n) is 2.58. The van der Waals surface area contributed by atoms with E-state index in [1.165, 1.54) is 7.11 Å². The van der Waals surface area contributed by atoms with Crippen LogP contribution in [0.2, 0.25) is 0 Å². The summed E-state index contributed by atoms with van der Waals surface area (Å²) in [6, 6.07) is 9.54. The SMILES string of the molecule is CCNc1cc(Nc2cc[c]cc2OC)nc2[nH]cc(C(F)(F)F)c12. The van der Waals surface area contributed by atoms with Crippen LogP contribution in [0.1, 0.15) is 12.5 Å². The highest BCUT2D eigenvalue weighted by atomic mass is 19.4. The smallest absolute Gasteiger partial charge is 0.418 e. The van der Waals surface area contributed by atoms with Crippen molar-refractivity contribution in [2.24, 2.45) is 0 Å². The average molecular weight is 349 g/mol. The number of nitrogens with zero attached hydrogens (tertiary/aromatic N) is 1. The van der Waals surface area contributed by atoms with Crippen molar-refractivity contribution in [3.8, 4) is 5.75 Å². The first-order chi connectivity index (χ1) is 11.9. The molecular formula is C17H16F3N4O. The molecule has 5 nitrogen and oxygen atoms in total. The molecule has 0 spiro atoms. The van der Waals surface area contributed by atoms with Gasteiger partial charge in [0.15, 0.2) is 0 Å². The van der Waals surface area contributed by atoms with Crippen molar-refractivity contribution in [2.45, 2.75) is 13.1 Å². The fourth-order valence-corrected chi connectivity index (χ4v) is 2.58. The second-order valence-corrected chi connectivity index (χ2v) is 5.26. The molecule has 3 rings (SSSR count). The van der Waals surface area contributed by atoms with Crippen LogP contribution in [0.4, 0.5) is 30.4 Å². The van der Waals surface area contributed by atoms with Gasteiger partial charge in [-0.15, -0.1) is 0 Å². The number of methoxy groups -OCH3 is 1. The number of nitrogens with one attached hydrogen (secondary N) is 3. The normalized spacial score (nSPS) is 11.6. The molecule has 0 saturated heterocycles. The van der Waals surface area contributed by atoms with Gasteiger partial charge in [-0.25, -0.2) is 4.98 Å². The summed E-state index contributed by atoms with van der Waals surface area (Å²) in [6.45, 7) is 2.29. The maximum atomic E-state index is 13.2. The van der Waals surface area contributed by atoms with Crippen molar-refractivity contribution in [3.05, 3.63) is 42.1 Å². The highest BCUT2D eigenvalue weighted by Crippen LogP contribution is 2.39. The third-order valence-corrected chi connectivity index (χ3v) is 3.62. The van der Waals surface area contributed by atoms with E-state index in [1.54, 1.807) is 24.3 Å². The predicted octanol–water partition coefficient (Wildman–Crippen LogP) is 4.57. The molecule has 1 aromatic carbocycles. The summed E-state index contributed by atoms with van der Waals surface area (Å²) in [5.41, 5.74) is 0.391. The Morgan fingerprint density at radius 2 is 2.12 bits per heavy atom. The van der Waals surface area contributed by atoms with Crippen molar-refractivity contribution >= 4 is 28.2 Å². The van der Waals surface area contributed by atoms with Gasteiger partial charge in [-0.05, 0) is 25.1 Å². The van der Waals surface area contributed by atoms with Crippen LogP contribution in [-0.4, -0.2) is 23.6 Å². The molecule has 3 N–H and O–H groups in total. The van der Waals surface area contributed by atoms with Crippen LogP contribution in [0.5, 0.6) is 5.75 Å². The third-order valence-electron chi connectivity index (χ3n) is 3.62. The molecule has 0 fully saturated rings. The number of H-pyrrole nitrogens is 1. The van der Waals surface area contributed by atoms with Crippen LogP contribution in [0.25, 0.3) is 11.0 Å². The van der Waals surface area contributed by atoms with Crippen molar-refractivity contribution in [3.63, 3.8) is 0 Å². The molecule has 1 radical (unpaired) electrons. The van der Waals surface area contributed by atoms with Crippen molar-refractivity contribution < 1.29 is 17.9 Å². The van der Waals surface area contributed by atoms with Gasteiger partial charge in [-0.3, -0.25) is 0 Å². The summed E-state index contributed by atoms with van der Waals surface area (Å²) in [4.78, 5) is 6.85. The minimum Gasteiger partial charge on any atom is -0.495 e. The Morgan fingerprint density at radius 3 is 2.80 bits per heavy atom. The van der Waals surface area contributed by atoms with Crippen LogP contribution in [0.15, 0.2) is 30.5 Å². The molecule has 0 aliphatic heterocycles. The molecule has 25 heavy (non-hydrogen) atoms. The Kier molecular flexibility index (Phi) is 4.43. The van der Waals surface area contributed by atoms with E-state index in [0.717, 1.165) is 6.20 Å². The minimum absolute atomic E-state index is 0.0215. The summed E-state index contributed by atoms with van der Waals surface area (Å²) in [5.74, 6) is 0.945. The molecule has 131 valence electrons. The highest BCUT2D eigenvalue weighted by Gasteiger charge is 2.35. The number of fused-ring (bicyclic) bond motifs is 1. The zero-order chi connectivity index (χ0) is 18.0. The molecule has 0 bridgehead atoms. The molecule has 2 aromatic heterocycles. The molecule has 3 aromatic rings. The lowest BCUT2D eigenvalue weighted by atomic mass is 10.1. The summed E-state index contributed by atoms with van der Waals surface area (Å²) in [7, 11) is 1.52. The maximum absolute atomic E-state index is 13.2. The van der Waals surface area contributed by atoms with Crippen molar-refractivity contribution in [1.29, 1.82) is 0 Å². The number of aromatic amines is 1. The quantitative estimate of drug-likeness (QED) is 0.632. The van der Waals surface area contributed by atoms with Gasteiger partial charge >= 0.3 is 6.18 Å².